The fraction of sp³-hybridized carbons (Fsp3) is 0.468. The first-order valence-electron chi connectivity index (χ1n) is 29.6. The molecule has 6 aromatic rings. The van der Waals surface area contributed by atoms with Crippen molar-refractivity contribution >= 4 is 73.1 Å². The van der Waals surface area contributed by atoms with E-state index in [0.717, 1.165) is 44.2 Å². The molecule has 7 N–H and O–H groups in total. The van der Waals surface area contributed by atoms with Crippen LogP contribution in [0.3, 0.4) is 0 Å². The number of anilines is 1. The Kier molecular flexibility index (Phi) is 20.2. The number of rotatable bonds is 27. The summed E-state index contributed by atoms with van der Waals surface area (Å²) < 4.78 is 54.2. The molecule has 4 atom stereocenters. The number of ketones is 1. The largest absolute Gasteiger partial charge is 0.489 e. The van der Waals surface area contributed by atoms with E-state index in [0.29, 0.717) is 72.1 Å². The first-order chi connectivity index (χ1) is 42.0. The Morgan fingerprint density at radius 1 is 0.784 bits per heavy atom. The Hall–Kier alpha value is -7.98. The van der Waals surface area contributed by atoms with Crippen LogP contribution in [-0.4, -0.2) is 153 Å². The molecule has 0 radical (unpaired) electrons. The van der Waals surface area contributed by atoms with Crippen molar-refractivity contribution in [3.8, 4) is 17.1 Å². The average molecular weight is 1230 g/mol. The number of Topliss-reactive ketones (excluding diaryl/α,β-unsaturated/α-hetero) is 1. The zero-order valence-corrected chi connectivity index (χ0v) is 51.4. The number of pyridine rings is 3. The number of amides is 5. The third-order valence-electron chi connectivity index (χ3n) is 16.5. The van der Waals surface area contributed by atoms with Crippen LogP contribution < -0.4 is 36.9 Å². The molecule has 470 valence electrons. The van der Waals surface area contributed by atoms with Crippen LogP contribution in [0.2, 0.25) is 0 Å². The highest BCUT2D eigenvalue weighted by Gasteiger charge is 2.43. The summed E-state index contributed by atoms with van der Waals surface area (Å²) in [6, 6.07) is 14.8. The van der Waals surface area contributed by atoms with Crippen molar-refractivity contribution in [2.45, 2.75) is 130 Å². The average Bonchev–Trinajstić information content (AvgIpc) is 1.65. The number of hydrazine groups is 1. The van der Waals surface area contributed by atoms with Gasteiger partial charge in [0.2, 0.25) is 29.5 Å². The molecule has 0 unspecified atom stereocenters. The van der Waals surface area contributed by atoms with E-state index >= 15 is 0 Å². The molecule has 4 aromatic heterocycles. The molecule has 0 spiro atoms. The molecule has 9 rings (SSSR count). The lowest BCUT2D eigenvalue weighted by atomic mass is 9.77. The van der Waals surface area contributed by atoms with Gasteiger partial charge in [-0.25, -0.2) is 20.0 Å². The van der Waals surface area contributed by atoms with Gasteiger partial charge in [-0.15, -0.1) is 0 Å². The van der Waals surface area contributed by atoms with Crippen molar-refractivity contribution in [3.63, 3.8) is 0 Å². The van der Waals surface area contributed by atoms with Gasteiger partial charge in [-0.2, -0.15) is 8.42 Å². The van der Waals surface area contributed by atoms with Gasteiger partial charge in [-0.3, -0.25) is 38.1 Å². The standard InChI is InChI=1S/C62H77N11O14S/c1-8-41-44-29-40(16-18-48(44)68-56-46(41)32-73-50(56)30-47-43(61(73)80)17-19-52(74)62(47,81)9-2)87-34-38-12-14-39(15-13-38)66-58(77)37(5)65-60(79)55(36(3)4)69-54(76)21-25-85-27-28-86-26-23-64-59(78)49(35-88(82,83)84)67-53(75)20-24-72-51-33-71(7)70(6)31-45(51)42-11-10-22-63-57(42)72/h10-16,18,22,29-30,36-37,49,55,81H,8-9,17,19-21,23-28,31-35H2,1-7H3,(H,64,78)(H,65,79)(H,66,77)(H,67,75)(H,69,76)(H,82,83,84)/t37-,49-,55-,62-/m0/s1. The molecule has 25 nitrogen and oxygen atoms in total. The van der Waals surface area contributed by atoms with Gasteiger partial charge in [-0.1, -0.05) is 39.8 Å². The van der Waals surface area contributed by atoms with Gasteiger partial charge >= 0.3 is 0 Å². The molecule has 26 heteroatoms. The second-order valence-electron chi connectivity index (χ2n) is 22.9. The number of aliphatic hydroxyl groups is 1. The number of aromatic nitrogens is 4. The second kappa shape index (κ2) is 27.6. The van der Waals surface area contributed by atoms with Gasteiger partial charge < -0.3 is 55.0 Å². The maximum atomic E-state index is 13.8. The number of ether oxygens (including phenoxy) is 3. The van der Waals surface area contributed by atoms with Crippen molar-refractivity contribution in [2.24, 2.45) is 5.92 Å². The zero-order valence-electron chi connectivity index (χ0n) is 50.6. The lowest BCUT2D eigenvalue weighted by molar-refractivity contribution is -0.140. The molecule has 0 saturated carbocycles. The van der Waals surface area contributed by atoms with Crippen LogP contribution in [0.1, 0.15) is 99.4 Å². The van der Waals surface area contributed by atoms with Gasteiger partial charge in [0.05, 0.1) is 56.4 Å². The Morgan fingerprint density at radius 3 is 2.23 bits per heavy atom. The fourth-order valence-electron chi connectivity index (χ4n) is 11.6. The summed E-state index contributed by atoms with van der Waals surface area (Å²) in [6.07, 6.45) is 2.75. The van der Waals surface area contributed by atoms with E-state index in [2.05, 4.69) is 36.6 Å². The van der Waals surface area contributed by atoms with E-state index in [9.17, 15) is 51.6 Å². The number of hydrogen-bond acceptors (Lipinski definition) is 17. The van der Waals surface area contributed by atoms with E-state index < -0.39 is 69.1 Å². The normalized spacial score (nSPS) is 16.7. The van der Waals surface area contributed by atoms with Gasteiger partial charge in [0.15, 0.2) is 5.78 Å². The summed E-state index contributed by atoms with van der Waals surface area (Å²) in [6.45, 7) is 11.0. The quantitative estimate of drug-likeness (QED) is 0.0287. The second-order valence-corrected chi connectivity index (χ2v) is 24.4. The minimum absolute atomic E-state index is 0.00218. The minimum Gasteiger partial charge on any atom is -0.489 e. The first kappa shape index (κ1) is 64.5. The van der Waals surface area contributed by atoms with Crippen LogP contribution in [-0.2, 0) is 99.6 Å². The summed E-state index contributed by atoms with van der Waals surface area (Å²) >= 11 is 0. The minimum atomic E-state index is -4.66. The molecule has 3 aliphatic rings. The van der Waals surface area contributed by atoms with Gasteiger partial charge in [0, 0.05) is 98.0 Å². The van der Waals surface area contributed by atoms with Crippen molar-refractivity contribution in [3.05, 3.63) is 116 Å². The lowest BCUT2D eigenvalue weighted by Gasteiger charge is -2.33. The van der Waals surface area contributed by atoms with Crippen LogP contribution in [0.4, 0.5) is 5.69 Å². The molecule has 6 heterocycles. The molecule has 0 bridgehead atoms. The summed E-state index contributed by atoms with van der Waals surface area (Å²) in [5, 5.41) is 30.6. The third kappa shape index (κ3) is 14.4. The fourth-order valence-corrected chi connectivity index (χ4v) is 12.2. The molecule has 2 aliphatic heterocycles. The molecule has 2 aromatic carbocycles. The van der Waals surface area contributed by atoms with Crippen LogP contribution in [0.25, 0.3) is 33.3 Å². The van der Waals surface area contributed by atoms with Gasteiger partial charge in [0.1, 0.15) is 47.5 Å². The first-order valence-corrected chi connectivity index (χ1v) is 31.2. The molecule has 88 heavy (non-hydrogen) atoms. The molecular weight excluding hydrogens is 1150 g/mol. The van der Waals surface area contributed by atoms with Crippen molar-refractivity contribution in [1.82, 2.24) is 50.4 Å². The maximum Gasteiger partial charge on any atom is 0.267 e. The monoisotopic (exact) mass is 1230 g/mol. The van der Waals surface area contributed by atoms with Crippen LogP contribution in [0.5, 0.6) is 5.75 Å². The number of carbonyl (C=O) groups is 6. The van der Waals surface area contributed by atoms with Crippen molar-refractivity contribution < 1.29 is 61.1 Å². The van der Waals surface area contributed by atoms with Crippen LogP contribution >= 0.6 is 0 Å². The highest BCUT2D eigenvalue weighted by molar-refractivity contribution is 7.85. The zero-order chi connectivity index (χ0) is 63.2. The summed E-state index contributed by atoms with van der Waals surface area (Å²) in [5.74, 6) is -3.94. The SMILES string of the molecule is CCc1c2c(nc3ccc(OCc4ccc(NC(=O)[C@H](C)NC(=O)[C@@H](NC(=O)CCOCCOCCNC(=O)[C@H](CS(=O)(=O)O)NC(=O)CCn5c6c(c7cccnc75)CN(C)N(C)C6)C(C)C)cc4)cc13)-c1cc3c(c(=O)n1C2)CCC(=O)[C@]3(O)CC. The number of aryl methyl sites for hydroxylation is 2. The number of benzene rings is 2. The summed E-state index contributed by atoms with van der Waals surface area (Å²) in [5.41, 5.74) is 7.03. The van der Waals surface area contributed by atoms with Gasteiger partial charge in [-0.05, 0) is 97.3 Å². The van der Waals surface area contributed by atoms with Crippen molar-refractivity contribution in [2.75, 3.05) is 58.1 Å². The highest BCUT2D eigenvalue weighted by atomic mass is 32.2. The topological polar surface area (TPSA) is 324 Å². The smallest absolute Gasteiger partial charge is 0.267 e. The van der Waals surface area contributed by atoms with E-state index in [1.165, 1.54) is 6.92 Å². The predicted molar refractivity (Wildman–Crippen MR) is 326 cm³/mol. The lowest BCUT2D eigenvalue weighted by Crippen LogP contribution is -2.53. The van der Waals surface area contributed by atoms with E-state index in [-0.39, 0.29) is 89.1 Å². The molecule has 0 saturated heterocycles. The highest BCUT2D eigenvalue weighted by Crippen LogP contribution is 2.41. The van der Waals surface area contributed by atoms with Crippen LogP contribution in [0.15, 0.2) is 71.7 Å². The Labute approximate surface area is 509 Å². The maximum absolute atomic E-state index is 13.8. The summed E-state index contributed by atoms with van der Waals surface area (Å²) in [7, 11) is -0.724. The number of nitrogens with one attached hydrogen (secondary N) is 5. The Bertz CT molecular complexity index is 3830. The Balaban J connectivity index is 0.666. The number of carbonyl (C=O) groups excluding carboxylic acids is 6. The third-order valence-corrected chi connectivity index (χ3v) is 17.3. The molecule has 0 fully saturated rings. The van der Waals surface area contributed by atoms with E-state index in [1.54, 1.807) is 49.7 Å². The molecule has 1 aliphatic carbocycles. The number of fused-ring (bicyclic) bond motifs is 8. The van der Waals surface area contributed by atoms with E-state index in [1.807, 2.05) is 73.1 Å². The molecule has 5 amide bonds. The van der Waals surface area contributed by atoms with Gasteiger partial charge in [0.25, 0.3) is 15.7 Å². The van der Waals surface area contributed by atoms with Crippen LogP contribution in [0, 0.1) is 5.92 Å². The van der Waals surface area contributed by atoms with Crippen molar-refractivity contribution in [1.29, 1.82) is 0 Å². The number of nitrogens with zero attached hydrogens (tertiary/aromatic N) is 6. The van der Waals surface area contributed by atoms with E-state index in [4.69, 9.17) is 19.2 Å². The Morgan fingerprint density at radius 2 is 1.51 bits per heavy atom. The predicted octanol–water partition coefficient (Wildman–Crippen LogP) is 3.41. The molecular formula is C62H77N11O14S. The summed E-state index contributed by atoms with van der Waals surface area (Å²) in [4.78, 5) is 102. The number of hydrogen-bond donors (Lipinski definition) is 7.